The minimum absolute atomic E-state index is 0.0745. The van der Waals surface area contributed by atoms with Crippen molar-refractivity contribution in [1.29, 1.82) is 0 Å². The van der Waals surface area contributed by atoms with Gasteiger partial charge in [0.2, 0.25) is 5.91 Å². The van der Waals surface area contributed by atoms with E-state index in [9.17, 15) is 4.79 Å². The summed E-state index contributed by atoms with van der Waals surface area (Å²) >= 11 is 0. The molecule has 4 heteroatoms. The summed E-state index contributed by atoms with van der Waals surface area (Å²) < 4.78 is 5.17. The number of carbonyl (C=O) groups is 1. The van der Waals surface area contributed by atoms with E-state index in [4.69, 9.17) is 10.5 Å². The Labute approximate surface area is 117 Å². The van der Waals surface area contributed by atoms with Crippen molar-refractivity contribution in [2.45, 2.75) is 52.6 Å². The van der Waals surface area contributed by atoms with Crippen molar-refractivity contribution in [2.75, 3.05) is 20.3 Å². The van der Waals surface area contributed by atoms with Crippen LogP contribution in [-0.4, -0.2) is 43.2 Å². The van der Waals surface area contributed by atoms with Crippen LogP contribution in [0.25, 0.3) is 0 Å². The van der Waals surface area contributed by atoms with Gasteiger partial charge in [-0.2, -0.15) is 0 Å². The molecule has 0 bridgehead atoms. The highest BCUT2D eigenvalue weighted by Crippen LogP contribution is 2.34. The number of amides is 1. The van der Waals surface area contributed by atoms with Gasteiger partial charge in [-0.25, -0.2) is 0 Å². The fraction of sp³-hybridized carbons (Fsp3) is 0.933. The summed E-state index contributed by atoms with van der Waals surface area (Å²) in [7, 11) is 1.68. The average Bonchev–Trinajstić information content (AvgIpc) is 2.34. The molecule has 1 rings (SSSR count). The summed E-state index contributed by atoms with van der Waals surface area (Å²) in [4.78, 5) is 14.7. The Bertz CT molecular complexity index is 296. The van der Waals surface area contributed by atoms with Crippen LogP contribution in [0.15, 0.2) is 0 Å². The number of likely N-dealkylation sites (N-methyl/N-ethyl adjacent to an activating group) is 1. The first-order valence-corrected chi connectivity index (χ1v) is 7.47. The van der Waals surface area contributed by atoms with Gasteiger partial charge in [-0.1, -0.05) is 13.8 Å². The van der Waals surface area contributed by atoms with E-state index in [1.165, 1.54) is 0 Å². The minimum Gasteiger partial charge on any atom is -0.383 e. The Morgan fingerprint density at radius 3 is 2.53 bits per heavy atom. The van der Waals surface area contributed by atoms with Crippen LogP contribution in [0.3, 0.4) is 0 Å². The highest BCUT2D eigenvalue weighted by molar-refractivity contribution is 5.79. The zero-order valence-corrected chi connectivity index (χ0v) is 13.1. The van der Waals surface area contributed by atoms with E-state index in [2.05, 4.69) is 13.8 Å². The van der Waals surface area contributed by atoms with Crippen molar-refractivity contribution < 1.29 is 9.53 Å². The second-order valence-electron chi connectivity index (χ2n) is 6.12. The van der Waals surface area contributed by atoms with Crippen molar-refractivity contribution in [1.82, 2.24) is 4.90 Å². The number of rotatable bonds is 5. The molecule has 0 radical (unpaired) electrons. The fourth-order valence-electron chi connectivity index (χ4n) is 3.26. The van der Waals surface area contributed by atoms with Gasteiger partial charge in [0.1, 0.15) is 0 Å². The van der Waals surface area contributed by atoms with Gasteiger partial charge in [0, 0.05) is 25.6 Å². The van der Waals surface area contributed by atoms with Gasteiger partial charge in [0.05, 0.1) is 12.6 Å². The smallest absolute Gasteiger partial charge is 0.226 e. The highest BCUT2D eigenvalue weighted by Gasteiger charge is 2.37. The summed E-state index contributed by atoms with van der Waals surface area (Å²) in [6.07, 6.45) is 1.87. The highest BCUT2D eigenvalue weighted by atomic mass is 16.5. The van der Waals surface area contributed by atoms with Crippen LogP contribution in [0.4, 0.5) is 0 Å². The molecule has 0 saturated heterocycles. The minimum atomic E-state index is 0.0745. The molecule has 0 aromatic carbocycles. The summed E-state index contributed by atoms with van der Waals surface area (Å²) in [5, 5.41) is 0. The van der Waals surface area contributed by atoms with Gasteiger partial charge >= 0.3 is 0 Å². The molecule has 0 spiro atoms. The molecule has 0 aliphatic heterocycles. The quantitative estimate of drug-likeness (QED) is 0.830. The number of nitrogens with two attached hydrogens (primary N) is 1. The molecule has 112 valence electrons. The molecule has 2 N–H and O–H groups in total. The molecular weight excluding hydrogens is 240 g/mol. The summed E-state index contributed by atoms with van der Waals surface area (Å²) in [5.41, 5.74) is 6.15. The zero-order valence-electron chi connectivity index (χ0n) is 13.1. The Kier molecular flexibility index (Phi) is 6.27. The normalized spacial score (nSPS) is 32.9. The number of ether oxygens (including phenoxy) is 1. The van der Waals surface area contributed by atoms with Crippen LogP contribution >= 0.6 is 0 Å². The van der Waals surface area contributed by atoms with Crippen LogP contribution in [-0.2, 0) is 9.53 Å². The van der Waals surface area contributed by atoms with Crippen LogP contribution in [0, 0.1) is 17.8 Å². The summed E-state index contributed by atoms with van der Waals surface area (Å²) in [6, 6.07) is 0.284. The first-order chi connectivity index (χ1) is 8.92. The molecule has 0 aromatic rings. The van der Waals surface area contributed by atoms with Gasteiger partial charge in [-0.05, 0) is 38.5 Å². The monoisotopic (exact) mass is 270 g/mol. The van der Waals surface area contributed by atoms with E-state index in [1.54, 1.807) is 7.11 Å². The molecule has 1 fully saturated rings. The lowest BCUT2D eigenvalue weighted by atomic mass is 9.72. The molecule has 1 amide bonds. The van der Waals surface area contributed by atoms with E-state index in [0.29, 0.717) is 18.4 Å². The van der Waals surface area contributed by atoms with Gasteiger partial charge in [0.25, 0.3) is 0 Å². The third-order valence-corrected chi connectivity index (χ3v) is 4.57. The average molecular weight is 270 g/mol. The molecular formula is C15H30N2O2. The van der Waals surface area contributed by atoms with Crippen molar-refractivity contribution in [3.8, 4) is 0 Å². The Morgan fingerprint density at radius 2 is 2.00 bits per heavy atom. The lowest BCUT2D eigenvalue weighted by molar-refractivity contribution is -0.141. The molecule has 0 aromatic heterocycles. The molecule has 4 nitrogen and oxygen atoms in total. The van der Waals surface area contributed by atoms with E-state index < -0.39 is 0 Å². The Balaban J connectivity index is 2.73. The number of carbonyl (C=O) groups excluding carboxylic acids is 1. The molecule has 19 heavy (non-hydrogen) atoms. The maximum Gasteiger partial charge on any atom is 0.226 e. The number of nitrogens with zero attached hydrogens (tertiary/aromatic N) is 1. The van der Waals surface area contributed by atoms with Gasteiger partial charge in [0.15, 0.2) is 0 Å². The van der Waals surface area contributed by atoms with E-state index >= 15 is 0 Å². The molecule has 0 heterocycles. The van der Waals surface area contributed by atoms with Gasteiger partial charge in [-0.3, -0.25) is 4.79 Å². The molecule has 1 aliphatic rings. The molecule has 1 aliphatic carbocycles. The number of hydrogen-bond acceptors (Lipinski definition) is 3. The molecule has 5 atom stereocenters. The number of hydrogen-bond donors (Lipinski definition) is 1. The first kappa shape index (κ1) is 16.4. The maximum atomic E-state index is 12.7. The van der Waals surface area contributed by atoms with Crippen LogP contribution < -0.4 is 5.73 Å². The van der Waals surface area contributed by atoms with Crippen molar-refractivity contribution in [3.05, 3.63) is 0 Å². The Hall–Kier alpha value is -0.610. The van der Waals surface area contributed by atoms with E-state index in [1.807, 2.05) is 18.7 Å². The van der Waals surface area contributed by atoms with Crippen LogP contribution in [0.1, 0.15) is 40.5 Å². The lowest BCUT2D eigenvalue weighted by Crippen LogP contribution is -2.49. The number of methoxy groups -OCH3 is 1. The standard InChI is InChI=1S/C15H30N2O2/c1-6-17(12(4)9-19-5)15(18)13-8-14(16)11(3)7-10(13)2/h10-14H,6-9,16H2,1-5H3. The second-order valence-corrected chi connectivity index (χ2v) is 6.12. The first-order valence-electron chi connectivity index (χ1n) is 7.47. The predicted octanol–water partition coefficient (Wildman–Crippen LogP) is 1.88. The van der Waals surface area contributed by atoms with E-state index in [0.717, 1.165) is 19.4 Å². The largest absolute Gasteiger partial charge is 0.383 e. The summed E-state index contributed by atoms with van der Waals surface area (Å²) in [6.45, 7) is 9.76. The Morgan fingerprint density at radius 1 is 1.37 bits per heavy atom. The third-order valence-electron chi connectivity index (χ3n) is 4.57. The third kappa shape index (κ3) is 3.93. The van der Waals surface area contributed by atoms with Crippen molar-refractivity contribution >= 4 is 5.91 Å². The van der Waals surface area contributed by atoms with Crippen molar-refractivity contribution in [3.63, 3.8) is 0 Å². The predicted molar refractivity (Wildman–Crippen MR) is 77.8 cm³/mol. The van der Waals surface area contributed by atoms with Crippen molar-refractivity contribution in [2.24, 2.45) is 23.5 Å². The van der Waals surface area contributed by atoms with Crippen LogP contribution in [0.5, 0.6) is 0 Å². The topological polar surface area (TPSA) is 55.6 Å². The fourth-order valence-corrected chi connectivity index (χ4v) is 3.26. The van der Waals surface area contributed by atoms with E-state index in [-0.39, 0.29) is 23.9 Å². The SMILES string of the molecule is CCN(C(=O)C1CC(N)C(C)CC1C)C(C)COC. The van der Waals surface area contributed by atoms with Gasteiger partial charge in [-0.15, -0.1) is 0 Å². The lowest BCUT2D eigenvalue weighted by Gasteiger charge is -2.40. The second kappa shape index (κ2) is 7.25. The van der Waals surface area contributed by atoms with Gasteiger partial charge < -0.3 is 15.4 Å². The molecule has 5 unspecified atom stereocenters. The summed E-state index contributed by atoms with van der Waals surface area (Å²) in [5.74, 6) is 1.27. The molecule has 1 saturated carbocycles. The zero-order chi connectivity index (χ0) is 14.6. The van der Waals surface area contributed by atoms with Crippen LogP contribution in [0.2, 0.25) is 0 Å². The maximum absolute atomic E-state index is 12.7.